The molecule has 0 unspecified atom stereocenters. The first kappa shape index (κ1) is 28.6. The van der Waals surface area contributed by atoms with Gasteiger partial charge in [0.25, 0.3) is 0 Å². The standard InChI is InChI=1S/C6H20N2O12P4.Pb/c9-21(10,11)3-7(4-22(12,13)14)1-2-8(5-23(15,16)17)6-24(18,19)20;/h1-6H2,(H2,9,10,11)(H2,12,13,14)(H2,15,16,17)(H2,18,19,20);. The van der Waals surface area contributed by atoms with Crippen LogP contribution < -0.4 is 0 Å². The van der Waals surface area contributed by atoms with Gasteiger partial charge in [-0.25, -0.2) is 0 Å². The smallest absolute Gasteiger partial charge is 0.324 e. The second-order valence-corrected chi connectivity index (χ2v) is 11.5. The molecule has 0 atom stereocenters. The van der Waals surface area contributed by atoms with Crippen LogP contribution in [0.1, 0.15) is 0 Å². The number of rotatable bonds is 11. The Morgan fingerprint density at radius 1 is 0.480 bits per heavy atom. The van der Waals surface area contributed by atoms with E-state index < -0.39 is 68.6 Å². The molecule has 0 spiro atoms. The van der Waals surface area contributed by atoms with Gasteiger partial charge in [0.2, 0.25) is 0 Å². The van der Waals surface area contributed by atoms with Crippen LogP contribution in [0.4, 0.5) is 0 Å². The van der Waals surface area contributed by atoms with Crippen LogP contribution in [-0.4, -0.2) is 114 Å². The van der Waals surface area contributed by atoms with E-state index in [1.54, 1.807) is 0 Å². The van der Waals surface area contributed by atoms with Gasteiger partial charge in [-0.2, -0.15) is 0 Å². The van der Waals surface area contributed by atoms with E-state index in [0.717, 1.165) is 0 Å². The third-order valence-electron chi connectivity index (χ3n) is 2.27. The fraction of sp³-hybridized carbons (Fsp3) is 1.00. The molecule has 0 aliphatic carbocycles. The zero-order valence-corrected chi connectivity index (χ0v) is 20.1. The summed E-state index contributed by atoms with van der Waals surface area (Å²) < 4.78 is 43.9. The van der Waals surface area contributed by atoms with Gasteiger partial charge in [0, 0.05) is 40.4 Å². The molecular formula is C6H20N2O12P4Pb. The molecule has 25 heavy (non-hydrogen) atoms. The third kappa shape index (κ3) is 20.0. The Labute approximate surface area is 163 Å². The van der Waals surface area contributed by atoms with Crippen molar-refractivity contribution < 1.29 is 57.4 Å². The van der Waals surface area contributed by atoms with Crippen LogP contribution >= 0.6 is 30.4 Å². The molecule has 19 heteroatoms. The largest absolute Gasteiger partial charge is 0.339 e. The average Bonchev–Trinajstić information content (AvgIpc) is 2.16. The molecule has 0 rings (SSSR count). The van der Waals surface area contributed by atoms with Crippen molar-refractivity contribution in [1.29, 1.82) is 0 Å². The molecule has 0 aromatic heterocycles. The zero-order valence-electron chi connectivity index (χ0n) is 12.6. The normalized spacial score (nSPS) is 14.0. The van der Waals surface area contributed by atoms with Crippen LogP contribution in [0, 0.1) is 0 Å². The molecule has 0 heterocycles. The molecule has 0 fully saturated rings. The Hall–Kier alpha value is 1.44. The van der Waals surface area contributed by atoms with E-state index in [1.807, 2.05) is 0 Å². The van der Waals surface area contributed by atoms with Crippen molar-refractivity contribution in [2.75, 3.05) is 38.2 Å². The van der Waals surface area contributed by atoms with Gasteiger partial charge in [-0.15, -0.1) is 0 Å². The molecule has 0 aliphatic rings. The predicted molar refractivity (Wildman–Crippen MR) is 86.8 cm³/mol. The van der Waals surface area contributed by atoms with Crippen molar-refractivity contribution in [3.63, 3.8) is 0 Å². The fourth-order valence-electron chi connectivity index (χ4n) is 1.70. The van der Waals surface area contributed by atoms with Gasteiger partial charge in [0.15, 0.2) is 0 Å². The van der Waals surface area contributed by atoms with Gasteiger partial charge in [0.1, 0.15) is 25.1 Å². The Bertz CT molecular complexity index is 492. The van der Waals surface area contributed by atoms with E-state index in [1.165, 1.54) is 0 Å². The minimum absolute atomic E-state index is 0. The van der Waals surface area contributed by atoms with Crippen LogP contribution in [0.5, 0.6) is 0 Å². The van der Waals surface area contributed by atoms with Crippen LogP contribution in [0.25, 0.3) is 0 Å². The summed E-state index contributed by atoms with van der Waals surface area (Å²) in [6.07, 6.45) is -4.18. The molecule has 0 aromatic carbocycles. The number of hydrogen-bond donors (Lipinski definition) is 8. The van der Waals surface area contributed by atoms with Gasteiger partial charge in [-0.05, 0) is 0 Å². The first-order valence-electron chi connectivity index (χ1n) is 5.99. The maximum atomic E-state index is 11.0. The van der Waals surface area contributed by atoms with Crippen molar-refractivity contribution in [3.05, 3.63) is 0 Å². The quantitative estimate of drug-likeness (QED) is 0.0878. The van der Waals surface area contributed by atoms with E-state index in [4.69, 9.17) is 39.1 Å². The Morgan fingerprint density at radius 3 is 0.760 bits per heavy atom. The van der Waals surface area contributed by atoms with Gasteiger partial charge in [-0.3, -0.25) is 28.1 Å². The van der Waals surface area contributed by atoms with Crippen molar-refractivity contribution >= 4 is 57.7 Å². The van der Waals surface area contributed by atoms with Crippen molar-refractivity contribution in [2.24, 2.45) is 0 Å². The van der Waals surface area contributed by atoms with Crippen molar-refractivity contribution in [2.45, 2.75) is 0 Å². The number of nitrogens with zero attached hydrogens (tertiary/aromatic N) is 2. The van der Waals surface area contributed by atoms with Crippen LogP contribution in [-0.2, 0) is 18.3 Å². The molecule has 4 radical (unpaired) electrons. The number of hydrogen-bond acceptors (Lipinski definition) is 6. The Balaban J connectivity index is 0. The predicted octanol–water partition coefficient (Wildman–Crippen LogP) is -2.25. The average molecular weight is 643 g/mol. The Morgan fingerprint density at radius 2 is 0.640 bits per heavy atom. The summed E-state index contributed by atoms with van der Waals surface area (Å²) in [6, 6.07) is 0. The second kappa shape index (κ2) is 10.8. The van der Waals surface area contributed by atoms with E-state index in [0.29, 0.717) is 9.80 Å². The van der Waals surface area contributed by atoms with Gasteiger partial charge < -0.3 is 39.1 Å². The molecule has 14 nitrogen and oxygen atoms in total. The molecule has 150 valence electrons. The summed E-state index contributed by atoms with van der Waals surface area (Å²) in [7, 11) is -18.8. The van der Waals surface area contributed by atoms with Crippen molar-refractivity contribution in [1.82, 2.24) is 9.80 Å². The summed E-state index contributed by atoms with van der Waals surface area (Å²) in [5.41, 5.74) is 0. The van der Waals surface area contributed by atoms with Crippen molar-refractivity contribution in [3.8, 4) is 0 Å². The van der Waals surface area contributed by atoms with E-state index >= 15 is 0 Å². The van der Waals surface area contributed by atoms with E-state index in [2.05, 4.69) is 0 Å². The van der Waals surface area contributed by atoms with Gasteiger partial charge >= 0.3 is 30.4 Å². The Kier molecular flexibility index (Phi) is 12.4. The molecule has 0 saturated heterocycles. The molecule has 0 amide bonds. The second-order valence-electron chi connectivity index (χ2n) is 5.01. The molecule has 0 bridgehead atoms. The van der Waals surface area contributed by atoms with Gasteiger partial charge in [-0.1, -0.05) is 0 Å². The van der Waals surface area contributed by atoms with Crippen LogP contribution in [0.2, 0.25) is 0 Å². The first-order chi connectivity index (χ1) is 10.4. The molecular weight excluding hydrogens is 623 g/mol. The first-order valence-corrected chi connectivity index (χ1v) is 13.2. The maximum Gasteiger partial charge on any atom is 0.339 e. The van der Waals surface area contributed by atoms with Crippen LogP contribution in [0.3, 0.4) is 0 Å². The maximum absolute atomic E-state index is 11.0. The van der Waals surface area contributed by atoms with E-state index in [9.17, 15) is 18.3 Å². The molecule has 0 aromatic rings. The third-order valence-corrected chi connectivity index (χ3v) is 5.34. The summed E-state index contributed by atoms with van der Waals surface area (Å²) >= 11 is 0. The molecule has 0 aliphatic heterocycles. The summed E-state index contributed by atoms with van der Waals surface area (Å²) in [4.78, 5) is 72.3. The van der Waals surface area contributed by atoms with Gasteiger partial charge in [0.05, 0.1) is 0 Å². The summed E-state index contributed by atoms with van der Waals surface area (Å²) in [6.45, 7) is -1.01. The summed E-state index contributed by atoms with van der Waals surface area (Å²) in [5.74, 6) is 0. The SMILES string of the molecule is O=P(O)(O)CN(CCN(CP(=O)(O)O)CP(=O)(O)O)CP(=O)(O)O.[Pb]. The van der Waals surface area contributed by atoms with E-state index in [-0.39, 0.29) is 27.3 Å². The molecule has 8 N–H and O–H groups in total. The summed E-state index contributed by atoms with van der Waals surface area (Å²) in [5, 5.41) is 0. The minimum atomic E-state index is -4.69. The zero-order chi connectivity index (χ0) is 19.4. The van der Waals surface area contributed by atoms with Crippen LogP contribution in [0.15, 0.2) is 0 Å². The monoisotopic (exact) mass is 644 g/mol. The topological polar surface area (TPSA) is 237 Å². The fourth-order valence-corrected chi connectivity index (χ4v) is 5.06. The minimum Gasteiger partial charge on any atom is -0.324 e. The molecule has 0 saturated carbocycles.